The summed E-state index contributed by atoms with van der Waals surface area (Å²) in [5.74, 6) is 0.818. The van der Waals surface area contributed by atoms with Crippen LogP contribution >= 0.6 is 15.9 Å². The first-order valence-corrected chi connectivity index (χ1v) is 8.17. The smallest absolute Gasteiger partial charge is 0.408 e. The standard InChI is InChI=1S/C17H16BrNO3/c18-9-13-6-7-16-14(8-13)15(11-21-16)19-17(20)22-10-12-4-2-1-3-5-12/h1-8,15H,9-11H2,(H,19,20). The van der Waals surface area contributed by atoms with Crippen molar-refractivity contribution in [1.29, 1.82) is 0 Å². The molecule has 0 spiro atoms. The number of hydrogen-bond acceptors (Lipinski definition) is 3. The topological polar surface area (TPSA) is 47.6 Å². The molecule has 114 valence electrons. The van der Waals surface area contributed by atoms with Crippen molar-refractivity contribution in [3.8, 4) is 5.75 Å². The molecular weight excluding hydrogens is 346 g/mol. The molecule has 1 unspecified atom stereocenters. The molecule has 0 bridgehead atoms. The third kappa shape index (κ3) is 3.42. The number of nitrogens with one attached hydrogen (secondary N) is 1. The van der Waals surface area contributed by atoms with Gasteiger partial charge in [-0.1, -0.05) is 52.3 Å². The molecule has 1 amide bonds. The highest BCUT2D eigenvalue weighted by Crippen LogP contribution is 2.33. The molecule has 1 aliphatic heterocycles. The van der Waals surface area contributed by atoms with Gasteiger partial charge in [-0.3, -0.25) is 0 Å². The Morgan fingerprint density at radius 2 is 2.05 bits per heavy atom. The number of halogens is 1. The molecule has 1 aliphatic rings. The molecule has 0 aromatic heterocycles. The number of carbonyl (C=O) groups excluding carboxylic acids is 1. The molecule has 1 atom stereocenters. The third-order valence-corrected chi connectivity index (χ3v) is 4.16. The Kier molecular flexibility index (Phi) is 4.63. The van der Waals surface area contributed by atoms with E-state index in [-0.39, 0.29) is 12.6 Å². The molecule has 0 aliphatic carbocycles. The van der Waals surface area contributed by atoms with Crippen molar-refractivity contribution in [1.82, 2.24) is 5.32 Å². The Labute approximate surface area is 137 Å². The van der Waals surface area contributed by atoms with E-state index in [1.165, 1.54) is 0 Å². The molecule has 0 radical (unpaired) electrons. The van der Waals surface area contributed by atoms with E-state index in [1.54, 1.807) is 0 Å². The number of carbonyl (C=O) groups is 1. The summed E-state index contributed by atoms with van der Waals surface area (Å²) in [6.07, 6.45) is -0.436. The van der Waals surface area contributed by atoms with Crippen LogP contribution < -0.4 is 10.1 Å². The van der Waals surface area contributed by atoms with Crippen LogP contribution in [0.15, 0.2) is 48.5 Å². The first kappa shape index (κ1) is 14.9. The van der Waals surface area contributed by atoms with Crippen LogP contribution in [-0.2, 0) is 16.7 Å². The highest BCUT2D eigenvalue weighted by Gasteiger charge is 2.26. The second-order valence-electron chi connectivity index (χ2n) is 5.08. The van der Waals surface area contributed by atoms with Gasteiger partial charge < -0.3 is 14.8 Å². The zero-order valence-corrected chi connectivity index (χ0v) is 13.5. The Morgan fingerprint density at radius 1 is 1.23 bits per heavy atom. The summed E-state index contributed by atoms with van der Waals surface area (Å²) >= 11 is 3.43. The Bertz CT molecular complexity index is 660. The first-order chi connectivity index (χ1) is 10.8. The van der Waals surface area contributed by atoms with Crippen LogP contribution in [0.1, 0.15) is 22.7 Å². The molecule has 1 heterocycles. The van der Waals surface area contributed by atoms with Crippen molar-refractivity contribution < 1.29 is 14.3 Å². The SMILES string of the molecule is O=C(NC1COc2ccc(CBr)cc21)OCc1ccccc1. The van der Waals surface area contributed by atoms with Gasteiger partial charge in [0, 0.05) is 10.9 Å². The number of alkyl halides is 1. The van der Waals surface area contributed by atoms with Crippen molar-refractivity contribution in [2.45, 2.75) is 18.0 Å². The predicted octanol–water partition coefficient (Wildman–Crippen LogP) is 3.94. The van der Waals surface area contributed by atoms with Gasteiger partial charge in [-0.05, 0) is 23.3 Å². The van der Waals surface area contributed by atoms with E-state index < -0.39 is 6.09 Å². The molecule has 5 heteroatoms. The predicted molar refractivity (Wildman–Crippen MR) is 87.1 cm³/mol. The molecule has 0 saturated heterocycles. The molecule has 0 saturated carbocycles. The lowest BCUT2D eigenvalue weighted by atomic mass is 10.1. The van der Waals surface area contributed by atoms with Crippen molar-refractivity contribution >= 4 is 22.0 Å². The number of hydrogen-bond donors (Lipinski definition) is 1. The lowest BCUT2D eigenvalue weighted by Gasteiger charge is -2.12. The molecule has 4 nitrogen and oxygen atoms in total. The molecule has 2 aromatic carbocycles. The molecule has 2 aromatic rings. The van der Waals surface area contributed by atoms with Crippen LogP contribution in [0, 0.1) is 0 Å². The summed E-state index contributed by atoms with van der Waals surface area (Å²) in [6.45, 7) is 0.691. The maximum atomic E-state index is 11.9. The van der Waals surface area contributed by atoms with Gasteiger partial charge in [0.1, 0.15) is 19.0 Å². The van der Waals surface area contributed by atoms with Crippen molar-refractivity contribution in [2.24, 2.45) is 0 Å². The number of ether oxygens (including phenoxy) is 2. The zero-order valence-electron chi connectivity index (χ0n) is 11.9. The van der Waals surface area contributed by atoms with Crippen LogP contribution in [0.4, 0.5) is 4.79 Å². The van der Waals surface area contributed by atoms with Crippen molar-refractivity contribution in [2.75, 3.05) is 6.61 Å². The second-order valence-corrected chi connectivity index (χ2v) is 5.64. The third-order valence-electron chi connectivity index (χ3n) is 3.51. The summed E-state index contributed by atoms with van der Waals surface area (Å²) in [5.41, 5.74) is 3.10. The van der Waals surface area contributed by atoms with Gasteiger partial charge in [-0.25, -0.2) is 4.79 Å². The maximum absolute atomic E-state index is 11.9. The lowest BCUT2D eigenvalue weighted by Crippen LogP contribution is -2.29. The number of benzene rings is 2. The highest BCUT2D eigenvalue weighted by molar-refractivity contribution is 9.08. The quantitative estimate of drug-likeness (QED) is 0.839. The summed E-state index contributed by atoms with van der Waals surface area (Å²) in [6, 6.07) is 15.4. The monoisotopic (exact) mass is 361 g/mol. The van der Waals surface area contributed by atoms with Crippen LogP contribution in [0.3, 0.4) is 0 Å². The average molecular weight is 362 g/mol. The Balaban J connectivity index is 1.59. The summed E-state index contributed by atoms with van der Waals surface area (Å²) in [7, 11) is 0. The van der Waals surface area contributed by atoms with Gasteiger partial charge in [0.25, 0.3) is 0 Å². The van der Waals surface area contributed by atoms with Crippen LogP contribution in [0.2, 0.25) is 0 Å². The molecule has 0 fully saturated rings. The van der Waals surface area contributed by atoms with Gasteiger partial charge in [0.05, 0.1) is 6.04 Å². The minimum absolute atomic E-state index is 0.169. The first-order valence-electron chi connectivity index (χ1n) is 7.05. The fourth-order valence-electron chi connectivity index (χ4n) is 2.37. The van der Waals surface area contributed by atoms with E-state index in [1.807, 2.05) is 48.5 Å². The maximum Gasteiger partial charge on any atom is 0.408 e. The van der Waals surface area contributed by atoms with E-state index >= 15 is 0 Å². The van der Waals surface area contributed by atoms with E-state index in [0.29, 0.717) is 6.61 Å². The number of amides is 1. The summed E-state index contributed by atoms with van der Waals surface area (Å²) in [5, 5.41) is 3.62. The molecule has 1 N–H and O–H groups in total. The molecule has 22 heavy (non-hydrogen) atoms. The van der Waals surface area contributed by atoms with Gasteiger partial charge in [-0.15, -0.1) is 0 Å². The minimum Gasteiger partial charge on any atom is -0.491 e. The fraction of sp³-hybridized carbons (Fsp3) is 0.235. The van der Waals surface area contributed by atoms with Crippen LogP contribution in [0.5, 0.6) is 5.75 Å². The van der Waals surface area contributed by atoms with E-state index in [9.17, 15) is 4.79 Å². The molecular formula is C17H16BrNO3. The molecule has 3 rings (SSSR count). The Morgan fingerprint density at radius 3 is 2.82 bits per heavy atom. The summed E-state index contributed by atoms with van der Waals surface area (Å²) < 4.78 is 10.8. The zero-order chi connectivity index (χ0) is 15.4. The van der Waals surface area contributed by atoms with Gasteiger partial charge >= 0.3 is 6.09 Å². The van der Waals surface area contributed by atoms with Gasteiger partial charge in [-0.2, -0.15) is 0 Å². The number of alkyl carbamates (subject to hydrolysis) is 1. The van der Waals surface area contributed by atoms with E-state index in [0.717, 1.165) is 27.8 Å². The van der Waals surface area contributed by atoms with E-state index in [4.69, 9.17) is 9.47 Å². The average Bonchev–Trinajstić information content (AvgIpc) is 2.96. The van der Waals surface area contributed by atoms with Gasteiger partial charge in [0.15, 0.2) is 0 Å². The summed E-state index contributed by atoms with van der Waals surface area (Å²) in [4.78, 5) is 11.9. The number of rotatable bonds is 4. The second kappa shape index (κ2) is 6.83. The van der Waals surface area contributed by atoms with Crippen LogP contribution in [0.25, 0.3) is 0 Å². The van der Waals surface area contributed by atoms with Crippen LogP contribution in [-0.4, -0.2) is 12.7 Å². The van der Waals surface area contributed by atoms with Crippen molar-refractivity contribution in [3.63, 3.8) is 0 Å². The highest BCUT2D eigenvalue weighted by atomic mass is 79.9. The normalized spacial score (nSPS) is 15.8. The number of fused-ring (bicyclic) bond motifs is 1. The minimum atomic E-state index is -0.436. The fourth-order valence-corrected chi connectivity index (χ4v) is 2.72. The van der Waals surface area contributed by atoms with Gasteiger partial charge in [0.2, 0.25) is 0 Å². The largest absolute Gasteiger partial charge is 0.491 e. The lowest BCUT2D eigenvalue weighted by molar-refractivity contribution is 0.133. The van der Waals surface area contributed by atoms with E-state index in [2.05, 4.69) is 21.2 Å². The Hall–Kier alpha value is -2.01. The van der Waals surface area contributed by atoms with Crippen molar-refractivity contribution in [3.05, 3.63) is 65.2 Å².